The minimum atomic E-state index is -0.969. The lowest BCUT2D eigenvalue weighted by atomic mass is 9.77. The van der Waals surface area contributed by atoms with E-state index in [1.54, 1.807) is 18.2 Å². The molecular weight excluding hydrogens is 283 g/mol. The van der Waals surface area contributed by atoms with Gasteiger partial charge in [0.05, 0.1) is 23.4 Å². The van der Waals surface area contributed by atoms with E-state index < -0.39 is 24.3 Å². The average molecular weight is 304 g/mol. The largest absolute Gasteiger partial charge is 0.492 e. The second-order valence-corrected chi connectivity index (χ2v) is 6.39. The Balaban J connectivity index is 2.23. The predicted molar refractivity (Wildman–Crippen MR) is 84.5 cm³/mol. The van der Waals surface area contributed by atoms with Gasteiger partial charge in [0, 0.05) is 0 Å². The third-order valence-electron chi connectivity index (χ3n) is 4.25. The number of hydrogen-bond acceptors (Lipinski definition) is 4. The Morgan fingerprint density at radius 3 is 2.05 bits per heavy atom. The van der Waals surface area contributed by atoms with E-state index in [4.69, 9.17) is 14.4 Å². The van der Waals surface area contributed by atoms with E-state index in [0.717, 1.165) is 5.56 Å². The van der Waals surface area contributed by atoms with Crippen LogP contribution in [-0.2, 0) is 9.31 Å². The summed E-state index contributed by atoms with van der Waals surface area (Å²) in [4.78, 5) is 10.8. The van der Waals surface area contributed by atoms with Crippen molar-refractivity contribution in [2.24, 2.45) is 0 Å². The van der Waals surface area contributed by atoms with Crippen molar-refractivity contribution in [3.05, 3.63) is 40.9 Å². The molecule has 6 heteroatoms. The summed E-state index contributed by atoms with van der Waals surface area (Å²) >= 11 is 0. The number of carboxylic acid groups (broad SMARTS) is 1. The molecule has 0 aromatic heterocycles. The molecule has 1 aliphatic heterocycles. The highest BCUT2D eigenvalue weighted by molar-refractivity contribution is 6.55. The first-order valence-electron chi connectivity index (χ1n) is 7.16. The van der Waals surface area contributed by atoms with Crippen LogP contribution in [0.1, 0.15) is 43.6 Å². The normalized spacial score (nSPS) is 20.2. The zero-order chi connectivity index (χ0) is 16.5. The van der Waals surface area contributed by atoms with Gasteiger partial charge in [-0.3, -0.25) is 0 Å². The van der Waals surface area contributed by atoms with Gasteiger partial charge in [-0.25, -0.2) is 4.79 Å². The molecule has 5 nitrogen and oxygen atoms in total. The fourth-order valence-electron chi connectivity index (χ4n) is 2.12. The van der Waals surface area contributed by atoms with Crippen LogP contribution in [0.3, 0.4) is 0 Å². The summed E-state index contributed by atoms with van der Waals surface area (Å²) in [5.41, 5.74) is 0.655. The Morgan fingerprint density at radius 2 is 1.64 bits per heavy atom. The first-order chi connectivity index (χ1) is 10.2. The Bertz CT molecular complexity index is 573. The van der Waals surface area contributed by atoms with Crippen LogP contribution in [0.15, 0.2) is 29.7 Å². The van der Waals surface area contributed by atoms with Gasteiger partial charge < -0.3 is 19.5 Å². The van der Waals surface area contributed by atoms with Gasteiger partial charge in [0.1, 0.15) is 0 Å². The third-order valence-corrected chi connectivity index (χ3v) is 4.25. The van der Waals surface area contributed by atoms with Crippen molar-refractivity contribution in [2.45, 2.75) is 38.9 Å². The van der Waals surface area contributed by atoms with Crippen LogP contribution in [0, 0.1) is 0 Å². The van der Waals surface area contributed by atoms with Crippen molar-refractivity contribution in [3.8, 4) is 0 Å². The fourth-order valence-corrected chi connectivity index (χ4v) is 2.12. The number of carbonyl (C=O) groups is 1. The van der Waals surface area contributed by atoms with Crippen LogP contribution in [0.4, 0.5) is 0 Å². The molecule has 2 rings (SSSR count). The quantitative estimate of drug-likeness (QED) is 0.835. The van der Waals surface area contributed by atoms with E-state index in [9.17, 15) is 9.90 Å². The first-order valence-corrected chi connectivity index (χ1v) is 7.16. The van der Waals surface area contributed by atoms with Gasteiger partial charge in [-0.15, -0.1) is 0 Å². The van der Waals surface area contributed by atoms with Crippen LogP contribution < -0.4 is 0 Å². The van der Waals surface area contributed by atoms with Crippen LogP contribution in [0.25, 0.3) is 6.08 Å². The van der Waals surface area contributed by atoms with Crippen molar-refractivity contribution in [3.63, 3.8) is 0 Å². The lowest BCUT2D eigenvalue weighted by Crippen LogP contribution is -2.41. The molecular formula is C16H21BO5. The molecule has 1 aromatic rings. The number of aliphatic hydroxyl groups is 1. The fraction of sp³-hybridized carbons (Fsp3) is 0.438. The molecule has 0 atom stereocenters. The van der Waals surface area contributed by atoms with Crippen molar-refractivity contribution < 1.29 is 24.3 Å². The number of benzene rings is 1. The van der Waals surface area contributed by atoms with Crippen molar-refractivity contribution in [2.75, 3.05) is 6.61 Å². The second kappa shape index (κ2) is 5.87. The van der Waals surface area contributed by atoms with Gasteiger partial charge in [-0.1, -0.05) is 18.2 Å². The van der Waals surface area contributed by atoms with Crippen molar-refractivity contribution in [1.29, 1.82) is 0 Å². The highest BCUT2D eigenvalue weighted by atomic mass is 16.7. The molecule has 1 heterocycles. The second-order valence-electron chi connectivity index (χ2n) is 6.39. The van der Waals surface area contributed by atoms with Crippen molar-refractivity contribution in [1.82, 2.24) is 0 Å². The Kier molecular flexibility index (Phi) is 4.47. The summed E-state index contributed by atoms with van der Waals surface area (Å²) in [7, 11) is -0.617. The number of aromatic carboxylic acids is 1. The molecule has 0 spiro atoms. The summed E-state index contributed by atoms with van der Waals surface area (Å²) in [5.74, 6) is -0.969. The standard InChI is InChI=1S/C16H21BO5/c1-15(2)16(3,4)22-17(21-15)13(10-18)9-11-5-7-12(8-6-11)14(19)20/h5-9,18H,10H2,1-4H3,(H,19,20). The summed E-state index contributed by atoms with van der Waals surface area (Å²) in [5, 5.41) is 18.5. The molecule has 1 aromatic carbocycles. The van der Waals surface area contributed by atoms with Crippen LogP contribution in [0.5, 0.6) is 0 Å². The number of carboxylic acids is 1. The van der Waals surface area contributed by atoms with Gasteiger partial charge in [-0.2, -0.15) is 0 Å². The summed E-state index contributed by atoms with van der Waals surface area (Å²) in [6.07, 6.45) is 1.76. The SMILES string of the molecule is CC1(C)OB(C(=Cc2ccc(C(=O)O)cc2)CO)OC1(C)C. The molecule has 2 N–H and O–H groups in total. The van der Waals surface area contributed by atoms with E-state index >= 15 is 0 Å². The first kappa shape index (κ1) is 16.7. The molecule has 0 aliphatic carbocycles. The number of rotatable bonds is 4. The monoisotopic (exact) mass is 304 g/mol. The van der Waals surface area contributed by atoms with E-state index in [2.05, 4.69) is 0 Å². The van der Waals surface area contributed by atoms with Gasteiger partial charge in [-0.05, 0) is 50.9 Å². The maximum Gasteiger partial charge on any atom is 0.492 e. The molecule has 0 unspecified atom stereocenters. The molecule has 1 aliphatic rings. The van der Waals surface area contributed by atoms with Gasteiger partial charge in [0.15, 0.2) is 0 Å². The molecule has 0 saturated carbocycles. The minimum absolute atomic E-state index is 0.197. The van der Waals surface area contributed by atoms with E-state index in [0.29, 0.717) is 5.47 Å². The van der Waals surface area contributed by atoms with E-state index in [1.807, 2.05) is 27.7 Å². The van der Waals surface area contributed by atoms with E-state index in [1.165, 1.54) is 12.1 Å². The minimum Gasteiger partial charge on any atom is -0.478 e. The highest BCUT2D eigenvalue weighted by Gasteiger charge is 2.52. The zero-order valence-corrected chi connectivity index (χ0v) is 13.3. The van der Waals surface area contributed by atoms with Crippen molar-refractivity contribution >= 4 is 19.2 Å². The maximum absolute atomic E-state index is 10.8. The number of hydrogen-bond donors (Lipinski definition) is 2. The lowest BCUT2D eigenvalue weighted by molar-refractivity contribution is 0.00578. The van der Waals surface area contributed by atoms with Gasteiger partial charge in [0.2, 0.25) is 0 Å². The van der Waals surface area contributed by atoms with Crippen LogP contribution >= 0.6 is 0 Å². The van der Waals surface area contributed by atoms with Crippen LogP contribution in [0.2, 0.25) is 0 Å². The average Bonchev–Trinajstić information content (AvgIpc) is 2.65. The van der Waals surface area contributed by atoms with E-state index in [-0.39, 0.29) is 12.2 Å². The molecule has 1 fully saturated rings. The van der Waals surface area contributed by atoms with Gasteiger partial charge >= 0.3 is 13.1 Å². The molecule has 118 valence electrons. The Morgan fingerprint density at radius 1 is 1.14 bits per heavy atom. The Labute approximate surface area is 130 Å². The molecule has 1 saturated heterocycles. The molecule has 0 bridgehead atoms. The maximum atomic E-state index is 10.8. The summed E-state index contributed by atoms with van der Waals surface area (Å²) in [6.45, 7) is 7.60. The number of aliphatic hydroxyl groups excluding tert-OH is 1. The molecule has 0 amide bonds. The predicted octanol–water partition coefficient (Wildman–Crippen LogP) is 2.39. The zero-order valence-electron chi connectivity index (χ0n) is 13.3. The van der Waals surface area contributed by atoms with Gasteiger partial charge in [0.25, 0.3) is 0 Å². The Hall–Kier alpha value is -1.63. The topological polar surface area (TPSA) is 76.0 Å². The van der Waals surface area contributed by atoms with Crippen LogP contribution in [-0.4, -0.2) is 41.1 Å². The summed E-state index contributed by atoms with van der Waals surface area (Å²) < 4.78 is 11.8. The molecule has 22 heavy (non-hydrogen) atoms. The summed E-state index contributed by atoms with van der Waals surface area (Å²) in [6, 6.07) is 6.41. The molecule has 0 radical (unpaired) electrons. The highest BCUT2D eigenvalue weighted by Crippen LogP contribution is 2.38. The lowest BCUT2D eigenvalue weighted by Gasteiger charge is -2.32. The smallest absolute Gasteiger partial charge is 0.478 e. The third kappa shape index (κ3) is 3.24.